The Bertz CT molecular complexity index is 1030. The van der Waals surface area contributed by atoms with Crippen molar-refractivity contribution in [2.75, 3.05) is 18.3 Å². The molecule has 0 saturated carbocycles. The maximum absolute atomic E-state index is 12.7. The van der Waals surface area contributed by atoms with Gasteiger partial charge in [0.1, 0.15) is 0 Å². The van der Waals surface area contributed by atoms with E-state index in [1.165, 1.54) is 29.8 Å². The second kappa shape index (κ2) is 7.71. The predicted octanol–water partition coefficient (Wildman–Crippen LogP) is 3.44. The lowest BCUT2D eigenvalue weighted by Crippen LogP contribution is -2.27. The van der Waals surface area contributed by atoms with Crippen LogP contribution in [0.25, 0.3) is 6.08 Å². The van der Waals surface area contributed by atoms with Crippen LogP contribution in [0.4, 0.5) is 5.69 Å². The van der Waals surface area contributed by atoms with Crippen molar-refractivity contribution in [3.8, 4) is 11.5 Å². The molecule has 0 aliphatic carbocycles. The summed E-state index contributed by atoms with van der Waals surface area (Å²) >= 11 is 6.54. The van der Waals surface area contributed by atoms with Crippen molar-refractivity contribution in [2.45, 2.75) is 0 Å². The molecule has 1 aliphatic heterocycles. The Hall–Kier alpha value is -2.36. The molecule has 1 aliphatic rings. The zero-order valence-electron chi connectivity index (χ0n) is 14.4. The minimum Gasteiger partial charge on any atom is -0.493 e. The van der Waals surface area contributed by atoms with E-state index < -0.39 is 10.1 Å². The summed E-state index contributed by atoms with van der Waals surface area (Å²) in [6, 6.07) is 13.9. The van der Waals surface area contributed by atoms with Crippen LogP contribution in [0.2, 0.25) is 0 Å². The van der Waals surface area contributed by atoms with Crippen molar-refractivity contribution in [2.24, 2.45) is 0 Å². The number of methoxy groups -OCH3 is 1. The molecule has 1 heterocycles. The van der Waals surface area contributed by atoms with E-state index in [4.69, 9.17) is 21.1 Å². The molecule has 0 atom stereocenters. The van der Waals surface area contributed by atoms with Gasteiger partial charge in [-0.05, 0) is 35.9 Å². The number of thiocarbonyl (C=S) groups is 1. The monoisotopic (exact) mass is 421 g/mol. The number of rotatable bonds is 5. The van der Waals surface area contributed by atoms with E-state index in [2.05, 4.69) is 0 Å². The fraction of sp³-hybridized carbons (Fsp3) is 0.111. The van der Waals surface area contributed by atoms with Crippen molar-refractivity contribution in [3.05, 3.63) is 59.0 Å². The minimum atomic E-state index is -3.68. The highest BCUT2D eigenvalue weighted by Gasteiger charge is 2.33. The Morgan fingerprint density at radius 1 is 1.11 bits per heavy atom. The number of para-hydroxylation sites is 1. The Balaban J connectivity index is 1.91. The SMILES string of the molecule is COc1cc(C=C2SC(=S)N(c3ccccc3)C2=O)ccc1OS(C)(=O)=O. The lowest BCUT2D eigenvalue weighted by atomic mass is 10.2. The van der Waals surface area contributed by atoms with Gasteiger partial charge in [-0.1, -0.05) is 48.2 Å². The van der Waals surface area contributed by atoms with Crippen LogP contribution in [0.5, 0.6) is 11.5 Å². The molecule has 3 rings (SSSR count). The third kappa shape index (κ3) is 4.49. The van der Waals surface area contributed by atoms with Crippen LogP contribution in [0.1, 0.15) is 5.56 Å². The quantitative estimate of drug-likeness (QED) is 0.416. The first-order valence-electron chi connectivity index (χ1n) is 7.69. The molecule has 1 fully saturated rings. The average Bonchev–Trinajstić information content (AvgIpc) is 2.89. The summed E-state index contributed by atoms with van der Waals surface area (Å²) in [7, 11) is -2.27. The number of benzene rings is 2. The number of carbonyl (C=O) groups excluding carboxylic acids is 1. The standard InChI is InChI=1S/C18H15NO5S3/c1-23-15-10-12(8-9-14(15)24-27(2,21)22)11-16-17(20)19(18(25)26-16)13-6-4-3-5-7-13/h3-11H,1-2H3. The summed E-state index contributed by atoms with van der Waals surface area (Å²) in [5, 5.41) is 0. The normalized spacial score (nSPS) is 16.1. The largest absolute Gasteiger partial charge is 0.493 e. The first-order chi connectivity index (χ1) is 12.8. The first-order valence-corrected chi connectivity index (χ1v) is 10.7. The van der Waals surface area contributed by atoms with Gasteiger partial charge in [-0.25, -0.2) is 0 Å². The van der Waals surface area contributed by atoms with Crippen molar-refractivity contribution in [1.82, 2.24) is 0 Å². The fourth-order valence-corrected chi connectivity index (χ4v) is 4.19. The molecule has 27 heavy (non-hydrogen) atoms. The average molecular weight is 422 g/mol. The maximum Gasteiger partial charge on any atom is 0.306 e. The summed E-state index contributed by atoms with van der Waals surface area (Å²) in [5.74, 6) is 0.105. The number of anilines is 1. The molecule has 140 valence electrons. The van der Waals surface area contributed by atoms with Crippen LogP contribution < -0.4 is 13.8 Å². The summed E-state index contributed by atoms with van der Waals surface area (Å²) in [6.07, 6.45) is 2.63. The lowest BCUT2D eigenvalue weighted by Gasteiger charge is -2.13. The summed E-state index contributed by atoms with van der Waals surface area (Å²) in [4.78, 5) is 14.7. The molecule has 0 radical (unpaired) electrons. The van der Waals surface area contributed by atoms with Gasteiger partial charge in [0, 0.05) is 0 Å². The molecule has 2 aromatic carbocycles. The van der Waals surface area contributed by atoms with Crippen LogP contribution in [-0.2, 0) is 14.9 Å². The van der Waals surface area contributed by atoms with Crippen molar-refractivity contribution < 1.29 is 22.1 Å². The number of ether oxygens (including phenoxy) is 1. The van der Waals surface area contributed by atoms with Crippen LogP contribution in [0.3, 0.4) is 0 Å². The third-order valence-corrected chi connectivity index (χ3v) is 5.32. The van der Waals surface area contributed by atoms with Gasteiger partial charge in [-0.15, -0.1) is 0 Å². The van der Waals surface area contributed by atoms with Crippen LogP contribution in [-0.4, -0.2) is 32.0 Å². The Kier molecular flexibility index (Phi) is 5.54. The highest BCUT2D eigenvalue weighted by Crippen LogP contribution is 2.37. The number of carbonyl (C=O) groups is 1. The Morgan fingerprint density at radius 2 is 1.81 bits per heavy atom. The van der Waals surface area contributed by atoms with Gasteiger partial charge in [-0.3, -0.25) is 9.69 Å². The van der Waals surface area contributed by atoms with E-state index in [0.29, 0.717) is 20.5 Å². The fourth-order valence-electron chi connectivity index (χ4n) is 2.42. The van der Waals surface area contributed by atoms with Crippen molar-refractivity contribution in [1.29, 1.82) is 0 Å². The van der Waals surface area contributed by atoms with E-state index in [-0.39, 0.29) is 17.4 Å². The third-order valence-electron chi connectivity index (χ3n) is 3.53. The molecule has 1 saturated heterocycles. The molecule has 0 spiro atoms. The summed E-state index contributed by atoms with van der Waals surface area (Å²) in [5.41, 5.74) is 1.36. The van der Waals surface area contributed by atoms with Gasteiger partial charge in [-0.2, -0.15) is 8.42 Å². The summed E-state index contributed by atoms with van der Waals surface area (Å²) < 4.78 is 33.2. The molecule has 0 aromatic heterocycles. The van der Waals surface area contributed by atoms with Gasteiger partial charge in [0.25, 0.3) is 5.91 Å². The van der Waals surface area contributed by atoms with Gasteiger partial charge in [0.05, 0.1) is 24.0 Å². The van der Waals surface area contributed by atoms with Gasteiger partial charge < -0.3 is 8.92 Å². The van der Waals surface area contributed by atoms with Gasteiger partial charge >= 0.3 is 10.1 Å². The van der Waals surface area contributed by atoms with Crippen molar-refractivity contribution in [3.63, 3.8) is 0 Å². The van der Waals surface area contributed by atoms with Crippen LogP contribution in [0.15, 0.2) is 53.4 Å². The Labute approximate surface area is 166 Å². The molecule has 0 unspecified atom stereocenters. The second-order valence-electron chi connectivity index (χ2n) is 5.55. The van der Waals surface area contributed by atoms with Crippen molar-refractivity contribution >= 4 is 56.1 Å². The zero-order valence-corrected chi connectivity index (χ0v) is 16.9. The molecule has 0 N–H and O–H groups in total. The van der Waals surface area contributed by atoms with Gasteiger partial charge in [0.2, 0.25) is 0 Å². The maximum atomic E-state index is 12.7. The van der Waals surface area contributed by atoms with E-state index in [1.807, 2.05) is 30.3 Å². The molecule has 6 nitrogen and oxygen atoms in total. The lowest BCUT2D eigenvalue weighted by molar-refractivity contribution is -0.113. The van der Waals surface area contributed by atoms with Crippen LogP contribution >= 0.6 is 24.0 Å². The number of thioether (sulfide) groups is 1. The topological polar surface area (TPSA) is 72.9 Å². The first kappa shape index (κ1) is 19.4. The molecule has 9 heteroatoms. The van der Waals surface area contributed by atoms with E-state index >= 15 is 0 Å². The van der Waals surface area contributed by atoms with E-state index in [9.17, 15) is 13.2 Å². The molecular formula is C18H15NO5S3. The number of nitrogens with zero attached hydrogens (tertiary/aromatic N) is 1. The smallest absolute Gasteiger partial charge is 0.306 e. The molecule has 2 aromatic rings. The van der Waals surface area contributed by atoms with Crippen LogP contribution in [0, 0.1) is 0 Å². The minimum absolute atomic E-state index is 0.0778. The predicted molar refractivity (Wildman–Crippen MR) is 111 cm³/mol. The van der Waals surface area contributed by atoms with E-state index in [0.717, 1.165) is 6.26 Å². The Morgan fingerprint density at radius 3 is 2.44 bits per heavy atom. The number of hydrogen-bond donors (Lipinski definition) is 0. The van der Waals surface area contributed by atoms with E-state index in [1.54, 1.807) is 18.2 Å². The number of amides is 1. The molecule has 0 bridgehead atoms. The zero-order chi connectivity index (χ0) is 19.6. The highest BCUT2D eigenvalue weighted by molar-refractivity contribution is 8.27. The van der Waals surface area contributed by atoms with Gasteiger partial charge in [0.15, 0.2) is 15.8 Å². The highest BCUT2D eigenvalue weighted by atomic mass is 32.2. The molecular weight excluding hydrogens is 406 g/mol. The second-order valence-corrected chi connectivity index (χ2v) is 8.80. The summed E-state index contributed by atoms with van der Waals surface area (Å²) in [6.45, 7) is 0. The molecule has 1 amide bonds. The number of hydrogen-bond acceptors (Lipinski definition) is 7.